The summed E-state index contributed by atoms with van der Waals surface area (Å²) in [6, 6.07) is 0. The average molecular weight is 424 g/mol. The van der Waals surface area contributed by atoms with Gasteiger partial charge in [0.05, 0.1) is 6.67 Å². The normalized spacial score (nSPS) is 28.8. The largest absolute Gasteiger partial charge is 0.382 e. The topological polar surface area (TPSA) is 75.3 Å². The van der Waals surface area contributed by atoms with Gasteiger partial charge in [-0.3, -0.25) is 4.79 Å². The number of rotatable bonds is 5. The second kappa shape index (κ2) is 8.29. The fourth-order valence-electron chi connectivity index (χ4n) is 5.98. The van der Waals surface area contributed by atoms with Crippen molar-refractivity contribution < 1.29 is 4.79 Å². The van der Waals surface area contributed by atoms with E-state index >= 15 is 0 Å². The van der Waals surface area contributed by atoms with Gasteiger partial charge in [0.1, 0.15) is 12.0 Å². The first kappa shape index (κ1) is 21.8. The van der Waals surface area contributed by atoms with Crippen LogP contribution in [0.15, 0.2) is 29.1 Å². The molecule has 1 aromatic rings. The van der Waals surface area contributed by atoms with Crippen LogP contribution in [0.4, 0.5) is 17.3 Å². The molecule has 6 heteroatoms. The maximum Gasteiger partial charge on any atom is 0.159 e. The molecule has 0 amide bonds. The molecule has 0 spiro atoms. The number of fused-ring (bicyclic) bond motifs is 2. The lowest BCUT2D eigenvalue weighted by Crippen LogP contribution is -2.41. The molecule has 31 heavy (non-hydrogen) atoms. The molecular weight excluding hydrogens is 386 g/mol. The Morgan fingerprint density at radius 2 is 2.10 bits per heavy atom. The minimum absolute atomic E-state index is 0.267. The SMILES string of the molecule is CC(=CCN1CN(C)c2ncnc(N)c21)CCC1(C)C(C)CCC2=C(C)C(=O)CCC21. The van der Waals surface area contributed by atoms with Gasteiger partial charge < -0.3 is 15.5 Å². The number of hydrogen-bond acceptors (Lipinski definition) is 6. The van der Waals surface area contributed by atoms with Gasteiger partial charge in [-0.2, -0.15) is 0 Å². The van der Waals surface area contributed by atoms with E-state index in [-0.39, 0.29) is 5.41 Å². The summed E-state index contributed by atoms with van der Waals surface area (Å²) < 4.78 is 0. The number of carbonyl (C=O) groups is 1. The molecule has 1 aromatic heterocycles. The van der Waals surface area contributed by atoms with Crippen molar-refractivity contribution in [1.82, 2.24) is 9.97 Å². The quantitative estimate of drug-likeness (QED) is 0.690. The molecule has 2 aliphatic carbocycles. The highest BCUT2D eigenvalue weighted by atomic mass is 16.1. The lowest BCUT2D eigenvalue weighted by molar-refractivity contribution is -0.117. The van der Waals surface area contributed by atoms with Gasteiger partial charge in [-0.05, 0) is 68.8 Å². The summed E-state index contributed by atoms with van der Waals surface area (Å²) >= 11 is 0. The summed E-state index contributed by atoms with van der Waals surface area (Å²) in [5.74, 6) is 3.08. The first-order valence-corrected chi connectivity index (χ1v) is 11.7. The van der Waals surface area contributed by atoms with Gasteiger partial charge in [0.25, 0.3) is 0 Å². The van der Waals surface area contributed by atoms with Crippen LogP contribution in [-0.2, 0) is 4.79 Å². The molecule has 6 nitrogen and oxygen atoms in total. The van der Waals surface area contributed by atoms with E-state index in [1.165, 1.54) is 30.3 Å². The zero-order valence-corrected chi connectivity index (χ0v) is 19.7. The van der Waals surface area contributed by atoms with Crippen LogP contribution in [0, 0.1) is 17.3 Å². The van der Waals surface area contributed by atoms with E-state index in [2.05, 4.69) is 53.5 Å². The Hall–Kier alpha value is -2.37. The highest BCUT2D eigenvalue weighted by Crippen LogP contribution is 2.55. The Morgan fingerprint density at radius 1 is 1.32 bits per heavy atom. The summed E-state index contributed by atoms with van der Waals surface area (Å²) in [7, 11) is 2.04. The molecule has 1 saturated carbocycles. The summed E-state index contributed by atoms with van der Waals surface area (Å²) in [4.78, 5) is 25.2. The van der Waals surface area contributed by atoms with E-state index in [9.17, 15) is 4.79 Å². The maximum atomic E-state index is 12.3. The van der Waals surface area contributed by atoms with Gasteiger partial charge >= 0.3 is 0 Å². The summed E-state index contributed by atoms with van der Waals surface area (Å²) in [5.41, 5.74) is 11.3. The lowest BCUT2D eigenvalue weighted by atomic mass is 9.54. The molecule has 1 aliphatic heterocycles. The molecular formula is C25H37N5O. The van der Waals surface area contributed by atoms with Gasteiger partial charge in [-0.1, -0.05) is 31.1 Å². The Balaban J connectivity index is 1.44. The minimum atomic E-state index is 0.267. The maximum absolute atomic E-state index is 12.3. The highest BCUT2D eigenvalue weighted by molar-refractivity contribution is 5.96. The van der Waals surface area contributed by atoms with Crippen LogP contribution in [0.25, 0.3) is 0 Å². The van der Waals surface area contributed by atoms with Crippen LogP contribution in [0.3, 0.4) is 0 Å². The predicted octanol–water partition coefficient (Wildman–Crippen LogP) is 4.73. The van der Waals surface area contributed by atoms with Crippen molar-refractivity contribution in [3.8, 4) is 0 Å². The number of hydrogen-bond donors (Lipinski definition) is 1. The lowest BCUT2D eigenvalue weighted by Gasteiger charge is -2.50. The molecule has 2 N–H and O–H groups in total. The van der Waals surface area contributed by atoms with Crippen molar-refractivity contribution in [2.24, 2.45) is 17.3 Å². The third kappa shape index (κ3) is 3.85. The summed E-state index contributed by atoms with van der Waals surface area (Å²) in [5, 5.41) is 0. The Morgan fingerprint density at radius 3 is 2.87 bits per heavy atom. The van der Waals surface area contributed by atoms with E-state index in [0.29, 0.717) is 23.4 Å². The minimum Gasteiger partial charge on any atom is -0.382 e. The molecule has 0 saturated heterocycles. The van der Waals surface area contributed by atoms with Crippen molar-refractivity contribution in [2.45, 2.75) is 66.2 Å². The molecule has 4 rings (SSSR count). The molecule has 1 fully saturated rings. The zero-order valence-electron chi connectivity index (χ0n) is 19.7. The number of nitrogen functional groups attached to an aromatic ring is 1. The fourth-order valence-corrected chi connectivity index (χ4v) is 5.98. The molecule has 3 atom stereocenters. The first-order valence-electron chi connectivity index (χ1n) is 11.7. The van der Waals surface area contributed by atoms with Gasteiger partial charge in [-0.15, -0.1) is 0 Å². The van der Waals surface area contributed by atoms with Crippen LogP contribution >= 0.6 is 0 Å². The van der Waals surface area contributed by atoms with E-state index in [1.54, 1.807) is 0 Å². The van der Waals surface area contributed by atoms with Crippen molar-refractivity contribution in [3.63, 3.8) is 0 Å². The summed E-state index contributed by atoms with van der Waals surface area (Å²) in [6.07, 6.45) is 10.2. The molecule has 168 valence electrons. The number of allylic oxidation sites excluding steroid dienone is 3. The monoisotopic (exact) mass is 423 g/mol. The standard InChI is InChI=1S/C25H37N5O/c1-16(11-13-30-15-29(5)24-22(30)23(26)27-14-28-24)10-12-25(4)17(2)6-7-19-18(3)21(31)9-8-20(19)25/h11,14,17,20H,6-10,12-13,15H2,1-5H3,(H2,26,27,28). The third-order valence-corrected chi connectivity index (χ3v) is 8.36. The Labute approximate surface area is 186 Å². The van der Waals surface area contributed by atoms with Crippen LogP contribution in [0.1, 0.15) is 66.2 Å². The molecule has 0 aromatic carbocycles. The Kier molecular flexibility index (Phi) is 5.84. The van der Waals surface area contributed by atoms with Gasteiger partial charge in [-0.25, -0.2) is 9.97 Å². The second-order valence-corrected chi connectivity index (χ2v) is 10.2. The van der Waals surface area contributed by atoms with E-state index in [1.807, 2.05) is 7.05 Å². The van der Waals surface area contributed by atoms with Crippen LogP contribution < -0.4 is 15.5 Å². The number of nitrogens with two attached hydrogens (primary N) is 1. The number of anilines is 3. The fraction of sp³-hybridized carbons (Fsp3) is 0.640. The Bertz CT molecular complexity index is 936. The predicted molar refractivity (Wildman–Crippen MR) is 127 cm³/mol. The van der Waals surface area contributed by atoms with Crippen molar-refractivity contribution >= 4 is 23.1 Å². The van der Waals surface area contributed by atoms with Gasteiger partial charge in [0.15, 0.2) is 17.4 Å². The third-order valence-electron chi connectivity index (χ3n) is 8.36. The van der Waals surface area contributed by atoms with E-state index < -0.39 is 0 Å². The van der Waals surface area contributed by atoms with E-state index in [0.717, 1.165) is 56.0 Å². The molecule has 2 heterocycles. The van der Waals surface area contributed by atoms with Gasteiger partial charge in [0, 0.05) is 20.0 Å². The number of ketones is 1. The van der Waals surface area contributed by atoms with E-state index in [4.69, 9.17) is 5.73 Å². The molecule has 3 unspecified atom stereocenters. The average Bonchev–Trinajstić information content (AvgIpc) is 3.07. The first-order chi connectivity index (χ1) is 14.7. The number of nitrogens with zero attached hydrogens (tertiary/aromatic N) is 4. The van der Waals surface area contributed by atoms with Crippen LogP contribution in [-0.4, -0.2) is 36.0 Å². The highest BCUT2D eigenvalue weighted by Gasteiger charge is 2.45. The number of Topliss-reactive ketones (excluding diaryl/α,β-unsaturated/α-hetero) is 1. The van der Waals surface area contributed by atoms with Gasteiger partial charge in [0.2, 0.25) is 0 Å². The number of carbonyl (C=O) groups excluding carboxylic acids is 1. The van der Waals surface area contributed by atoms with Crippen LogP contribution in [0.5, 0.6) is 0 Å². The van der Waals surface area contributed by atoms with Crippen LogP contribution in [0.2, 0.25) is 0 Å². The number of aromatic nitrogens is 2. The van der Waals surface area contributed by atoms with Crippen molar-refractivity contribution in [2.75, 3.05) is 35.8 Å². The zero-order chi connectivity index (χ0) is 22.3. The smallest absolute Gasteiger partial charge is 0.159 e. The van der Waals surface area contributed by atoms with Crippen molar-refractivity contribution in [1.29, 1.82) is 0 Å². The molecule has 3 aliphatic rings. The molecule has 0 radical (unpaired) electrons. The second-order valence-electron chi connectivity index (χ2n) is 10.2. The summed E-state index contributed by atoms with van der Waals surface area (Å²) in [6.45, 7) is 10.8. The van der Waals surface area contributed by atoms with Crippen molar-refractivity contribution in [3.05, 3.63) is 29.1 Å². The molecule has 0 bridgehead atoms.